The Kier molecular flexibility index (Phi) is 4.14. The van der Waals surface area contributed by atoms with Gasteiger partial charge in [-0.25, -0.2) is 0 Å². The maximum absolute atomic E-state index is 11.8. The van der Waals surface area contributed by atoms with Gasteiger partial charge in [0, 0.05) is 32.0 Å². The van der Waals surface area contributed by atoms with E-state index < -0.39 is 0 Å². The van der Waals surface area contributed by atoms with E-state index in [0.29, 0.717) is 12.3 Å². The van der Waals surface area contributed by atoms with Crippen LogP contribution in [0.4, 0.5) is 0 Å². The molecule has 0 saturated carbocycles. The van der Waals surface area contributed by atoms with Crippen LogP contribution in [0.15, 0.2) is 0 Å². The van der Waals surface area contributed by atoms with E-state index in [1.807, 2.05) is 4.90 Å². The van der Waals surface area contributed by atoms with Crippen molar-refractivity contribution >= 4 is 5.91 Å². The summed E-state index contributed by atoms with van der Waals surface area (Å²) in [4.78, 5) is 13.7. The summed E-state index contributed by atoms with van der Waals surface area (Å²) in [5, 5.41) is 8.99. The number of nitrogens with zero attached hydrogens (tertiary/aromatic N) is 1. The number of likely N-dealkylation sites (tertiary alicyclic amines) is 1. The maximum Gasteiger partial charge on any atom is 0.222 e. The van der Waals surface area contributed by atoms with E-state index in [2.05, 4.69) is 20.8 Å². The molecule has 1 aliphatic heterocycles. The van der Waals surface area contributed by atoms with E-state index in [0.717, 1.165) is 25.9 Å². The highest BCUT2D eigenvalue weighted by atomic mass is 16.3. The number of carbonyl (C=O) groups is 1. The summed E-state index contributed by atoms with van der Waals surface area (Å²) in [6.45, 7) is 8.25. The Morgan fingerprint density at radius 2 is 2.13 bits per heavy atom. The summed E-state index contributed by atoms with van der Waals surface area (Å²) in [6, 6.07) is 0. The summed E-state index contributed by atoms with van der Waals surface area (Å²) in [5.74, 6) is 0.560. The Bertz CT molecular complexity index is 220. The summed E-state index contributed by atoms with van der Waals surface area (Å²) < 4.78 is 0. The van der Waals surface area contributed by atoms with Gasteiger partial charge in [-0.1, -0.05) is 20.8 Å². The van der Waals surface area contributed by atoms with E-state index in [1.165, 1.54) is 0 Å². The summed E-state index contributed by atoms with van der Waals surface area (Å²) >= 11 is 0. The Morgan fingerprint density at radius 1 is 1.47 bits per heavy atom. The zero-order chi connectivity index (χ0) is 11.5. The van der Waals surface area contributed by atoms with Crippen molar-refractivity contribution in [2.45, 2.75) is 40.0 Å². The number of hydrogen-bond acceptors (Lipinski definition) is 2. The summed E-state index contributed by atoms with van der Waals surface area (Å²) in [5.41, 5.74) is 0.228. The molecule has 0 aromatic heterocycles. The second kappa shape index (κ2) is 4.97. The van der Waals surface area contributed by atoms with Crippen molar-refractivity contribution in [2.24, 2.45) is 11.3 Å². The molecule has 1 heterocycles. The first kappa shape index (κ1) is 12.5. The zero-order valence-electron chi connectivity index (χ0n) is 10.1. The topological polar surface area (TPSA) is 40.5 Å². The number of rotatable bonds is 3. The van der Waals surface area contributed by atoms with Gasteiger partial charge in [-0.05, 0) is 18.3 Å². The van der Waals surface area contributed by atoms with Gasteiger partial charge in [0.1, 0.15) is 0 Å². The molecule has 1 atom stereocenters. The van der Waals surface area contributed by atoms with Gasteiger partial charge in [-0.2, -0.15) is 0 Å². The molecule has 3 heteroatoms. The van der Waals surface area contributed by atoms with Gasteiger partial charge in [0.2, 0.25) is 5.91 Å². The Balaban J connectivity index is 2.30. The molecule has 0 aromatic carbocycles. The van der Waals surface area contributed by atoms with Crippen LogP contribution in [-0.4, -0.2) is 35.6 Å². The lowest BCUT2D eigenvalue weighted by molar-refractivity contribution is -0.130. The lowest BCUT2D eigenvalue weighted by atomic mass is 9.90. The zero-order valence-corrected chi connectivity index (χ0v) is 10.1. The highest BCUT2D eigenvalue weighted by Crippen LogP contribution is 2.23. The first-order valence-electron chi connectivity index (χ1n) is 5.81. The minimum atomic E-state index is 0.211. The SMILES string of the molecule is CC(C)(C)CCC(=O)N1CCC(CO)C1. The predicted molar refractivity (Wildman–Crippen MR) is 60.5 cm³/mol. The lowest BCUT2D eigenvalue weighted by Crippen LogP contribution is -2.29. The van der Waals surface area contributed by atoms with Gasteiger partial charge in [0.25, 0.3) is 0 Å². The third kappa shape index (κ3) is 4.20. The molecule has 1 rings (SSSR count). The molecule has 1 unspecified atom stereocenters. The van der Waals surface area contributed by atoms with Crippen LogP contribution in [0.2, 0.25) is 0 Å². The van der Waals surface area contributed by atoms with E-state index >= 15 is 0 Å². The summed E-state index contributed by atoms with van der Waals surface area (Å²) in [7, 11) is 0. The van der Waals surface area contributed by atoms with E-state index in [9.17, 15) is 4.79 Å². The van der Waals surface area contributed by atoms with Crippen LogP contribution in [0.3, 0.4) is 0 Å². The highest BCUT2D eigenvalue weighted by molar-refractivity contribution is 5.76. The first-order valence-corrected chi connectivity index (χ1v) is 5.81. The van der Waals surface area contributed by atoms with Crippen LogP contribution in [0.25, 0.3) is 0 Å². The molecule has 3 nitrogen and oxygen atoms in total. The largest absolute Gasteiger partial charge is 0.396 e. The second-order valence-electron chi connectivity index (χ2n) is 5.74. The number of hydrogen-bond donors (Lipinski definition) is 1. The molecule has 0 aliphatic carbocycles. The van der Waals surface area contributed by atoms with E-state index in [4.69, 9.17) is 5.11 Å². The van der Waals surface area contributed by atoms with Crippen LogP contribution in [0, 0.1) is 11.3 Å². The van der Waals surface area contributed by atoms with Crippen molar-refractivity contribution in [3.63, 3.8) is 0 Å². The normalized spacial score (nSPS) is 22.1. The fourth-order valence-corrected chi connectivity index (χ4v) is 1.85. The molecule has 1 saturated heterocycles. The molecule has 0 spiro atoms. The molecule has 1 fully saturated rings. The van der Waals surface area contributed by atoms with Gasteiger partial charge in [0.05, 0.1) is 0 Å². The molecule has 0 bridgehead atoms. The van der Waals surface area contributed by atoms with Crippen LogP contribution < -0.4 is 0 Å². The number of aliphatic hydroxyl groups excluding tert-OH is 1. The third-order valence-corrected chi connectivity index (χ3v) is 2.99. The fraction of sp³-hybridized carbons (Fsp3) is 0.917. The predicted octanol–water partition coefficient (Wildman–Crippen LogP) is 1.65. The summed E-state index contributed by atoms with van der Waals surface area (Å²) in [6.07, 6.45) is 2.53. The van der Waals surface area contributed by atoms with Crippen LogP contribution in [-0.2, 0) is 4.79 Å². The lowest BCUT2D eigenvalue weighted by Gasteiger charge is -2.21. The molecule has 88 valence electrons. The van der Waals surface area contributed by atoms with Crippen molar-refractivity contribution < 1.29 is 9.90 Å². The van der Waals surface area contributed by atoms with Crippen LogP contribution in [0.1, 0.15) is 40.0 Å². The number of aliphatic hydroxyl groups is 1. The first-order chi connectivity index (χ1) is 6.92. The van der Waals surface area contributed by atoms with Gasteiger partial charge >= 0.3 is 0 Å². The van der Waals surface area contributed by atoms with Crippen molar-refractivity contribution in [3.05, 3.63) is 0 Å². The molecule has 0 aromatic rings. The second-order valence-corrected chi connectivity index (χ2v) is 5.74. The third-order valence-electron chi connectivity index (χ3n) is 2.99. The minimum absolute atomic E-state index is 0.211. The molecule has 0 radical (unpaired) electrons. The van der Waals surface area contributed by atoms with Gasteiger partial charge < -0.3 is 10.0 Å². The minimum Gasteiger partial charge on any atom is -0.396 e. The van der Waals surface area contributed by atoms with Gasteiger partial charge in [0.15, 0.2) is 0 Å². The monoisotopic (exact) mass is 213 g/mol. The molecular formula is C12H23NO2. The van der Waals surface area contributed by atoms with Gasteiger partial charge in [-0.15, -0.1) is 0 Å². The molecule has 1 N–H and O–H groups in total. The average molecular weight is 213 g/mol. The standard InChI is InChI=1S/C12H23NO2/c1-12(2,3)6-4-11(15)13-7-5-10(8-13)9-14/h10,14H,4-9H2,1-3H3. The van der Waals surface area contributed by atoms with Crippen molar-refractivity contribution in [1.29, 1.82) is 0 Å². The molecule has 1 amide bonds. The Labute approximate surface area is 92.5 Å². The smallest absolute Gasteiger partial charge is 0.222 e. The van der Waals surface area contributed by atoms with E-state index in [-0.39, 0.29) is 17.9 Å². The molecule has 15 heavy (non-hydrogen) atoms. The number of amides is 1. The Morgan fingerprint density at radius 3 is 2.60 bits per heavy atom. The maximum atomic E-state index is 11.8. The highest BCUT2D eigenvalue weighted by Gasteiger charge is 2.26. The van der Waals surface area contributed by atoms with Crippen LogP contribution in [0.5, 0.6) is 0 Å². The quantitative estimate of drug-likeness (QED) is 0.774. The van der Waals surface area contributed by atoms with Gasteiger partial charge in [-0.3, -0.25) is 4.79 Å². The fourth-order valence-electron chi connectivity index (χ4n) is 1.85. The Hall–Kier alpha value is -0.570. The van der Waals surface area contributed by atoms with Crippen molar-refractivity contribution in [1.82, 2.24) is 4.90 Å². The number of carbonyl (C=O) groups excluding carboxylic acids is 1. The van der Waals surface area contributed by atoms with Crippen LogP contribution >= 0.6 is 0 Å². The van der Waals surface area contributed by atoms with E-state index in [1.54, 1.807) is 0 Å². The average Bonchev–Trinajstić information content (AvgIpc) is 2.61. The molecule has 1 aliphatic rings. The van der Waals surface area contributed by atoms with Crippen molar-refractivity contribution in [3.8, 4) is 0 Å². The van der Waals surface area contributed by atoms with Crippen molar-refractivity contribution in [2.75, 3.05) is 19.7 Å². The molecular weight excluding hydrogens is 190 g/mol.